The summed E-state index contributed by atoms with van der Waals surface area (Å²) >= 11 is 3.45. The topological polar surface area (TPSA) is 49.8 Å². The van der Waals surface area contributed by atoms with Crippen LogP contribution in [0.3, 0.4) is 0 Å². The number of nitrogens with zero attached hydrogens (tertiary/aromatic N) is 2. The summed E-state index contributed by atoms with van der Waals surface area (Å²) in [4.78, 5) is 7.94. The average Bonchev–Trinajstić information content (AvgIpc) is 2.41. The Kier molecular flexibility index (Phi) is 4.68. The van der Waals surface area contributed by atoms with Gasteiger partial charge in [0.25, 0.3) is 0 Å². The van der Waals surface area contributed by atoms with E-state index in [0.29, 0.717) is 19.0 Å². The van der Waals surface area contributed by atoms with Gasteiger partial charge in [-0.15, -0.1) is 0 Å². The van der Waals surface area contributed by atoms with Gasteiger partial charge in [-0.2, -0.15) is 4.98 Å². The first-order valence-corrected chi connectivity index (χ1v) is 6.73. The Bertz CT molecular complexity index is 562. The Balaban J connectivity index is 2.10. The van der Waals surface area contributed by atoms with E-state index in [9.17, 15) is 4.39 Å². The summed E-state index contributed by atoms with van der Waals surface area (Å²) in [6, 6.07) is 7.77. The van der Waals surface area contributed by atoms with Crippen molar-refractivity contribution in [1.82, 2.24) is 9.97 Å². The molecule has 0 amide bonds. The van der Waals surface area contributed by atoms with Crippen LogP contribution >= 0.6 is 15.9 Å². The van der Waals surface area contributed by atoms with Crippen LogP contribution in [0.15, 0.2) is 34.9 Å². The number of hydrogen-bond acceptors (Lipinski definition) is 4. The first-order chi connectivity index (χ1) is 9.20. The maximum absolute atomic E-state index is 13.6. The zero-order valence-corrected chi connectivity index (χ0v) is 12.0. The quantitative estimate of drug-likeness (QED) is 0.884. The van der Waals surface area contributed by atoms with Gasteiger partial charge in [0.05, 0.1) is 6.20 Å². The summed E-state index contributed by atoms with van der Waals surface area (Å²) in [5.41, 5.74) is 1.03. The van der Waals surface area contributed by atoms with E-state index in [2.05, 4.69) is 36.5 Å². The molecule has 0 aliphatic heterocycles. The lowest BCUT2D eigenvalue weighted by Gasteiger charge is -2.09. The molecule has 2 N–H and O–H groups in total. The zero-order chi connectivity index (χ0) is 13.7. The van der Waals surface area contributed by atoms with E-state index in [4.69, 9.17) is 0 Å². The zero-order valence-electron chi connectivity index (χ0n) is 10.5. The second-order valence-electron chi connectivity index (χ2n) is 3.87. The molecule has 0 saturated carbocycles. The maximum Gasteiger partial charge on any atom is 0.224 e. The van der Waals surface area contributed by atoms with Crippen LogP contribution in [0.4, 0.5) is 16.2 Å². The normalized spacial score (nSPS) is 10.3. The maximum atomic E-state index is 13.6. The van der Waals surface area contributed by atoms with Gasteiger partial charge in [0.15, 0.2) is 11.6 Å². The minimum atomic E-state index is -0.464. The van der Waals surface area contributed by atoms with Crippen molar-refractivity contribution in [2.45, 2.75) is 13.5 Å². The van der Waals surface area contributed by atoms with Crippen LogP contribution in [-0.2, 0) is 6.54 Å². The Morgan fingerprint density at radius 3 is 2.79 bits per heavy atom. The number of anilines is 2. The molecule has 2 rings (SSSR count). The van der Waals surface area contributed by atoms with E-state index >= 15 is 0 Å². The summed E-state index contributed by atoms with van der Waals surface area (Å²) in [6.45, 7) is 3.11. The highest BCUT2D eigenvalue weighted by molar-refractivity contribution is 9.10. The molecule has 0 spiro atoms. The second kappa shape index (κ2) is 6.47. The molecule has 1 aromatic heterocycles. The summed E-state index contributed by atoms with van der Waals surface area (Å²) < 4.78 is 14.6. The summed E-state index contributed by atoms with van der Waals surface area (Å²) in [5.74, 6) is 0.147. The fourth-order valence-corrected chi connectivity index (χ4v) is 1.98. The molecule has 6 heteroatoms. The highest BCUT2D eigenvalue weighted by Gasteiger charge is 2.07. The van der Waals surface area contributed by atoms with E-state index in [-0.39, 0.29) is 5.82 Å². The molecule has 1 aromatic carbocycles. The number of halogens is 2. The van der Waals surface area contributed by atoms with Crippen molar-refractivity contribution in [2.75, 3.05) is 17.2 Å². The van der Waals surface area contributed by atoms with Crippen LogP contribution in [0.5, 0.6) is 0 Å². The lowest BCUT2D eigenvalue weighted by Crippen LogP contribution is -2.08. The van der Waals surface area contributed by atoms with Gasteiger partial charge >= 0.3 is 0 Å². The Morgan fingerprint density at radius 1 is 1.26 bits per heavy atom. The molecule has 19 heavy (non-hydrogen) atoms. The minimum absolute atomic E-state index is 0.196. The Morgan fingerprint density at radius 2 is 2.05 bits per heavy atom. The molecular formula is C13H14BrFN4. The minimum Gasteiger partial charge on any atom is -0.363 e. The third kappa shape index (κ3) is 3.64. The summed E-state index contributed by atoms with van der Waals surface area (Å²) in [5, 5.41) is 5.92. The molecule has 0 bridgehead atoms. The fourth-order valence-electron chi connectivity index (χ4n) is 1.56. The van der Waals surface area contributed by atoms with Crippen molar-refractivity contribution in [3.8, 4) is 0 Å². The second-order valence-corrected chi connectivity index (χ2v) is 4.72. The van der Waals surface area contributed by atoms with Crippen LogP contribution in [0.25, 0.3) is 0 Å². The standard InChI is InChI=1S/C13H14BrFN4/c1-2-16-13-18-8-11(15)12(19-13)17-7-9-5-3-4-6-10(9)14/h3-6,8H,2,7H2,1H3,(H2,16,17,18,19). The predicted molar refractivity (Wildman–Crippen MR) is 77.6 cm³/mol. The van der Waals surface area contributed by atoms with Crippen molar-refractivity contribution in [1.29, 1.82) is 0 Å². The van der Waals surface area contributed by atoms with Gasteiger partial charge < -0.3 is 10.6 Å². The van der Waals surface area contributed by atoms with Gasteiger partial charge in [0, 0.05) is 17.6 Å². The molecule has 0 saturated heterocycles. The van der Waals surface area contributed by atoms with Crippen LogP contribution in [0.1, 0.15) is 12.5 Å². The summed E-state index contributed by atoms with van der Waals surface area (Å²) in [6.07, 6.45) is 1.16. The van der Waals surface area contributed by atoms with Gasteiger partial charge in [0.1, 0.15) is 0 Å². The molecule has 0 aliphatic rings. The van der Waals surface area contributed by atoms with Crippen LogP contribution in [0.2, 0.25) is 0 Å². The van der Waals surface area contributed by atoms with Gasteiger partial charge in [-0.25, -0.2) is 9.37 Å². The first-order valence-electron chi connectivity index (χ1n) is 5.94. The van der Waals surface area contributed by atoms with Crippen LogP contribution in [0, 0.1) is 5.82 Å². The highest BCUT2D eigenvalue weighted by atomic mass is 79.9. The van der Waals surface area contributed by atoms with Gasteiger partial charge in [-0.05, 0) is 18.6 Å². The lowest BCUT2D eigenvalue weighted by atomic mass is 10.2. The van der Waals surface area contributed by atoms with Crippen LogP contribution < -0.4 is 10.6 Å². The smallest absolute Gasteiger partial charge is 0.224 e. The largest absolute Gasteiger partial charge is 0.363 e. The van der Waals surface area contributed by atoms with Crippen molar-refractivity contribution in [3.05, 3.63) is 46.3 Å². The van der Waals surface area contributed by atoms with E-state index in [1.807, 2.05) is 31.2 Å². The molecule has 4 nitrogen and oxygen atoms in total. The van der Waals surface area contributed by atoms with Crippen molar-refractivity contribution >= 4 is 27.7 Å². The molecule has 0 atom stereocenters. The van der Waals surface area contributed by atoms with E-state index < -0.39 is 5.82 Å². The average molecular weight is 325 g/mol. The molecule has 0 unspecified atom stereocenters. The summed E-state index contributed by atoms with van der Waals surface area (Å²) in [7, 11) is 0. The number of rotatable bonds is 5. The first kappa shape index (κ1) is 13.7. The fraction of sp³-hybridized carbons (Fsp3) is 0.231. The van der Waals surface area contributed by atoms with E-state index in [1.165, 1.54) is 0 Å². The van der Waals surface area contributed by atoms with Crippen molar-refractivity contribution < 1.29 is 4.39 Å². The van der Waals surface area contributed by atoms with E-state index in [1.54, 1.807) is 0 Å². The number of nitrogens with one attached hydrogen (secondary N) is 2. The number of benzene rings is 1. The van der Waals surface area contributed by atoms with Crippen LogP contribution in [-0.4, -0.2) is 16.5 Å². The highest BCUT2D eigenvalue weighted by Crippen LogP contribution is 2.18. The molecule has 0 aliphatic carbocycles. The lowest BCUT2D eigenvalue weighted by molar-refractivity contribution is 0.617. The molecule has 100 valence electrons. The molecule has 0 radical (unpaired) electrons. The van der Waals surface area contributed by atoms with Gasteiger partial charge in [0.2, 0.25) is 5.95 Å². The van der Waals surface area contributed by atoms with Gasteiger partial charge in [-0.1, -0.05) is 34.1 Å². The third-order valence-electron chi connectivity index (χ3n) is 2.48. The van der Waals surface area contributed by atoms with Crippen molar-refractivity contribution in [2.24, 2.45) is 0 Å². The molecule has 1 heterocycles. The van der Waals surface area contributed by atoms with E-state index in [0.717, 1.165) is 16.2 Å². The number of aromatic nitrogens is 2. The Labute approximate surface area is 119 Å². The monoisotopic (exact) mass is 324 g/mol. The molecular weight excluding hydrogens is 311 g/mol. The Hall–Kier alpha value is -1.69. The number of hydrogen-bond donors (Lipinski definition) is 2. The molecule has 0 fully saturated rings. The predicted octanol–water partition coefficient (Wildman–Crippen LogP) is 3.42. The molecule has 2 aromatic rings. The SMILES string of the molecule is CCNc1ncc(F)c(NCc2ccccc2Br)n1. The third-order valence-corrected chi connectivity index (χ3v) is 3.26. The van der Waals surface area contributed by atoms with Crippen molar-refractivity contribution in [3.63, 3.8) is 0 Å². The van der Waals surface area contributed by atoms with Gasteiger partial charge in [-0.3, -0.25) is 0 Å².